The van der Waals surface area contributed by atoms with Crippen LogP contribution in [-0.2, 0) is 13.1 Å². The van der Waals surface area contributed by atoms with Crippen molar-refractivity contribution in [3.63, 3.8) is 0 Å². The van der Waals surface area contributed by atoms with Gasteiger partial charge in [-0.15, -0.1) is 0 Å². The van der Waals surface area contributed by atoms with Crippen LogP contribution in [0.4, 0.5) is 10.1 Å². The molecule has 1 N–H and O–H groups in total. The van der Waals surface area contributed by atoms with Crippen molar-refractivity contribution in [2.24, 2.45) is 0 Å². The van der Waals surface area contributed by atoms with Gasteiger partial charge in [-0.1, -0.05) is 35.9 Å². The highest BCUT2D eigenvalue weighted by molar-refractivity contribution is 6.31. The van der Waals surface area contributed by atoms with Gasteiger partial charge in [0.2, 0.25) is 0 Å². The average Bonchev–Trinajstić information content (AvgIpc) is 3.27. The van der Waals surface area contributed by atoms with E-state index >= 15 is 0 Å². The van der Waals surface area contributed by atoms with Gasteiger partial charge in [0.1, 0.15) is 5.82 Å². The van der Waals surface area contributed by atoms with Crippen LogP contribution >= 0.6 is 11.6 Å². The summed E-state index contributed by atoms with van der Waals surface area (Å²) in [6.07, 6.45) is 3.28. The van der Waals surface area contributed by atoms with Crippen LogP contribution in [0, 0.1) is 19.7 Å². The van der Waals surface area contributed by atoms with E-state index in [1.807, 2.05) is 42.8 Å². The molecular weight excluding hydrogens is 417 g/mol. The van der Waals surface area contributed by atoms with Crippen LogP contribution in [0.25, 0.3) is 0 Å². The fourth-order valence-electron chi connectivity index (χ4n) is 3.35. The van der Waals surface area contributed by atoms with E-state index in [1.54, 1.807) is 29.2 Å². The Labute approximate surface area is 184 Å². The molecule has 0 aliphatic carbocycles. The minimum atomic E-state index is -0.291. The summed E-state index contributed by atoms with van der Waals surface area (Å²) in [6, 6.07) is 13.7. The van der Waals surface area contributed by atoms with Gasteiger partial charge in [-0.2, -0.15) is 10.2 Å². The maximum Gasteiger partial charge on any atom is 0.255 e. The number of hydrogen-bond donors (Lipinski definition) is 1. The van der Waals surface area contributed by atoms with E-state index in [4.69, 9.17) is 11.6 Å². The third-order valence-electron chi connectivity index (χ3n) is 4.94. The number of carbonyl (C=O) groups excluding carboxylic acids is 1. The first-order valence-corrected chi connectivity index (χ1v) is 10.1. The lowest BCUT2D eigenvalue weighted by Gasteiger charge is -2.08. The molecule has 0 saturated carbocycles. The first-order chi connectivity index (χ1) is 14.9. The molecule has 0 aliphatic heterocycles. The Hall–Kier alpha value is -3.45. The molecule has 1 amide bonds. The zero-order valence-electron chi connectivity index (χ0n) is 17.1. The van der Waals surface area contributed by atoms with Crippen LogP contribution in [0.5, 0.6) is 0 Å². The Balaban J connectivity index is 1.44. The van der Waals surface area contributed by atoms with Crippen LogP contribution in [0.2, 0.25) is 5.02 Å². The summed E-state index contributed by atoms with van der Waals surface area (Å²) in [5, 5.41) is 12.2. The fraction of sp³-hybridized carbons (Fsp3) is 0.174. The number of nitrogens with zero attached hydrogens (tertiary/aromatic N) is 4. The molecular formula is C23H21ClFN5O. The Morgan fingerprint density at radius 3 is 2.55 bits per heavy atom. The number of anilines is 1. The number of halogens is 2. The SMILES string of the molecule is Cc1nn(Cc2cccc(C(=O)Nc3cnn(Cc4cccc(F)c4)c3)c2)c(C)c1Cl. The van der Waals surface area contributed by atoms with Gasteiger partial charge in [-0.25, -0.2) is 4.39 Å². The third kappa shape index (κ3) is 4.83. The molecule has 4 aromatic rings. The van der Waals surface area contributed by atoms with Crippen LogP contribution < -0.4 is 5.32 Å². The van der Waals surface area contributed by atoms with Crippen LogP contribution in [-0.4, -0.2) is 25.5 Å². The average molecular weight is 438 g/mol. The van der Waals surface area contributed by atoms with Gasteiger partial charge in [0.25, 0.3) is 5.91 Å². The minimum Gasteiger partial charge on any atom is -0.319 e. The molecule has 0 atom stereocenters. The van der Waals surface area contributed by atoms with Crippen molar-refractivity contribution in [2.45, 2.75) is 26.9 Å². The minimum absolute atomic E-state index is 0.237. The monoisotopic (exact) mass is 437 g/mol. The molecule has 0 bridgehead atoms. The lowest BCUT2D eigenvalue weighted by molar-refractivity contribution is 0.102. The lowest BCUT2D eigenvalue weighted by atomic mass is 10.1. The highest BCUT2D eigenvalue weighted by atomic mass is 35.5. The van der Waals surface area contributed by atoms with Crippen molar-refractivity contribution < 1.29 is 9.18 Å². The number of carbonyl (C=O) groups is 1. The summed E-state index contributed by atoms with van der Waals surface area (Å²) in [5.41, 5.74) is 4.50. The maximum absolute atomic E-state index is 13.3. The summed E-state index contributed by atoms with van der Waals surface area (Å²) < 4.78 is 16.8. The van der Waals surface area contributed by atoms with Crippen molar-refractivity contribution in [3.8, 4) is 0 Å². The van der Waals surface area contributed by atoms with Crippen LogP contribution in [0.1, 0.15) is 32.9 Å². The normalized spacial score (nSPS) is 11.0. The number of rotatable bonds is 6. The smallest absolute Gasteiger partial charge is 0.255 e. The Bertz CT molecular complexity index is 1250. The fourth-order valence-corrected chi connectivity index (χ4v) is 3.49. The number of aryl methyl sites for hydroxylation is 1. The molecule has 8 heteroatoms. The first-order valence-electron chi connectivity index (χ1n) is 9.76. The Kier molecular flexibility index (Phi) is 5.86. The van der Waals surface area contributed by atoms with Gasteiger partial charge < -0.3 is 5.32 Å². The highest BCUT2D eigenvalue weighted by Crippen LogP contribution is 2.20. The summed E-state index contributed by atoms with van der Waals surface area (Å²) in [5.74, 6) is -0.528. The zero-order chi connectivity index (χ0) is 22.0. The second-order valence-corrected chi connectivity index (χ2v) is 7.73. The Morgan fingerprint density at radius 2 is 1.84 bits per heavy atom. The molecule has 0 aliphatic rings. The summed E-state index contributed by atoms with van der Waals surface area (Å²) in [7, 11) is 0. The molecule has 0 unspecified atom stereocenters. The first kappa shape index (κ1) is 20.8. The van der Waals surface area contributed by atoms with Crippen molar-refractivity contribution in [3.05, 3.63) is 99.8 Å². The molecule has 31 heavy (non-hydrogen) atoms. The molecule has 0 radical (unpaired) electrons. The predicted octanol–water partition coefficient (Wildman–Crippen LogP) is 4.84. The summed E-state index contributed by atoms with van der Waals surface area (Å²) in [4.78, 5) is 12.7. The maximum atomic E-state index is 13.3. The van der Waals surface area contributed by atoms with Gasteiger partial charge >= 0.3 is 0 Å². The number of nitrogens with one attached hydrogen (secondary N) is 1. The van der Waals surface area contributed by atoms with Gasteiger partial charge in [0.15, 0.2) is 0 Å². The number of aromatic nitrogens is 4. The van der Waals surface area contributed by atoms with Crippen LogP contribution in [0.15, 0.2) is 60.9 Å². The molecule has 4 rings (SSSR count). The van der Waals surface area contributed by atoms with E-state index in [-0.39, 0.29) is 11.7 Å². The second kappa shape index (κ2) is 8.73. The highest BCUT2D eigenvalue weighted by Gasteiger charge is 2.12. The summed E-state index contributed by atoms with van der Waals surface area (Å²) in [6.45, 7) is 4.71. The van der Waals surface area contributed by atoms with Gasteiger partial charge in [0, 0.05) is 11.8 Å². The summed E-state index contributed by atoms with van der Waals surface area (Å²) >= 11 is 6.22. The van der Waals surface area contributed by atoms with Crippen molar-refractivity contribution in [1.29, 1.82) is 0 Å². The third-order valence-corrected chi connectivity index (χ3v) is 5.49. The molecule has 2 heterocycles. The topological polar surface area (TPSA) is 64.7 Å². The largest absolute Gasteiger partial charge is 0.319 e. The van der Waals surface area contributed by atoms with E-state index in [0.717, 1.165) is 22.5 Å². The number of hydrogen-bond acceptors (Lipinski definition) is 3. The van der Waals surface area contributed by atoms with Crippen molar-refractivity contribution in [2.75, 3.05) is 5.32 Å². The molecule has 0 fully saturated rings. The second-order valence-electron chi connectivity index (χ2n) is 7.35. The molecule has 158 valence electrons. The molecule has 6 nitrogen and oxygen atoms in total. The van der Waals surface area contributed by atoms with E-state index < -0.39 is 0 Å². The standard InChI is InChI=1S/C23H21ClFN5O/c1-15-22(24)16(2)30(28-15)13-17-5-3-7-19(9-17)23(31)27-21-11-26-29(14-21)12-18-6-4-8-20(25)10-18/h3-11,14H,12-13H2,1-2H3,(H,27,31). The van der Waals surface area contributed by atoms with Crippen molar-refractivity contribution >= 4 is 23.2 Å². The van der Waals surface area contributed by atoms with Gasteiger partial charge in [-0.05, 0) is 49.2 Å². The number of amides is 1. The number of benzene rings is 2. The van der Waals surface area contributed by atoms with E-state index in [0.29, 0.717) is 29.4 Å². The van der Waals surface area contributed by atoms with Crippen molar-refractivity contribution in [1.82, 2.24) is 19.6 Å². The van der Waals surface area contributed by atoms with Gasteiger partial charge in [0.05, 0.1) is 41.4 Å². The quantitative estimate of drug-likeness (QED) is 0.469. The predicted molar refractivity (Wildman–Crippen MR) is 118 cm³/mol. The molecule has 2 aromatic heterocycles. The Morgan fingerprint density at radius 1 is 1.10 bits per heavy atom. The molecule has 0 saturated heterocycles. The lowest BCUT2D eigenvalue weighted by Crippen LogP contribution is -2.12. The molecule has 2 aromatic carbocycles. The van der Waals surface area contributed by atoms with E-state index in [9.17, 15) is 9.18 Å². The zero-order valence-corrected chi connectivity index (χ0v) is 17.9. The van der Waals surface area contributed by atoms with Crippen LogP contribution in [0.3, 0.4) is 0 Å². The molecule has 0 spiro atoms. The van der Waals surface area contributed by atoms with E-state index in [2.05, 4.69) is 15.5 Å². The van der Waals surface area contributed by atoms with Gasteiger partial charge in [-0.3, -0.25) is 14.2 Å². The van der Waals surface area contributed by atoms with E-state index in [1.165, 1.54) is 12.1 Å².